The Hall–Kier alpha value is -1.86. The largest absolute Gasteiger partial charge is 0.310 e. The molecule has 4 heteroatoms. The Labute approximate surface area is 133 Å². The topological polar surface area (TPSA) is 47.3 Å². The summed E-state index contributed by atoms with van der Waals surface area (Å²) < 4.78 is 0. The first-order valence-electron chi connectivity index (χ1n) is 8.11. The number of para-hydroxylation sites is 1. The van der Waals surface area contributed by atoms with E-state index < -0.39 is 0 Å². The number of piperidine rings is 1. The third-order valence-electron chi connectivity index (χ3n) is 4.50. The molecule has 1 saturated heterocycles. The zero-order chi connectivity index (χ0) is 15.9. The fraction of sp³-hybridized carbons (Fsp3) is 0.556. The Balaban J connectivity index is 2.09. The summed E-state index contributed by atoms with van der Waals surface area (Å²) in [5.41, 5.74) is 0.875. The molecule has 2 rings (SSSR count). The van der Waals surface area contributed by atoms with Crippen LogP contribution >= 0.6 is 0 Å². The van der Waals surface area contributed by atoms with Gasteiger partial charge in [0.25, 0.3) is 0 Å². The van der Waals surface area contributed by atoms with Gasteiger partial charge in [-0.3, -0.25) is 9.69 Å². The lowest BCUT2D eigenvalue weighted by atomic mass is 9.98. The summed E-state index contributed by atoms with van der Waals surface area (Å²) in [6, 6.07) is 11.7. The average Bonchev–Trinajstić information content (AvgIpc) is 2.56. The van der Waals surface area contributed by atoms with Crippen molar-refractivity contribution < 1.29 is 4.79 Å². The minimum atomic E-state index is -0.133. The van der Waals surface area contributed by atoms with E-state index in [0.717, 1.165) is 37.5 Å². The lowest BCUT2D eigenvalue weighted by Crippen LogP contribution is -2.50. The maximum absolute atomic E-state index is 12.9. The van der Waals surface area contributed by atoms with Crippen LogP contribution in [-0.4, -0.2) is 36.5 Å². The second-order valence-corrected chi connectivity index (χ2v) is 6.13. The summed E-state index contributed by atoms with van der Waals surface area (Å²) in [5, 5.41) is 8.86. The summed E-state index contributed by atoms with van der Waals surface area (Å²) >= 11 is 0. The highest BCUT2D eigenvalue weighted by Crippen LogP contribution is 2.21. The van der Waals surface area contributed by atoms with Crippen molar-refractivity contribution in [2.45, 2.75) is 39.2 Å². The zero-order valence-corrected chi connectivity index (χ0v) is 13.5. The van der Waals surface area contributed by atoms with Crippen LogP contribution in [-0.2, 0) is 4.79 Å². The first-order chi connectivity index (χ1) is 10.6. The van der Waals surface area contributed by atoms with Gasteiger partial charge in [-0.1, -0.05) is 25.1 Å². The SMILES string of the molecule is CC1CCN(C(C)C(=O)N(CCC#N)c2ccccc2)CC1. The van der Waals surface area contributed by atoms with Crippen molar-refractivity contribution in [3.8, 4) is 6.07 Å². The van der Waals surface area contributed by atoms with Crippen LogP contribution in [0, 0.1) is 17.2 Å². The number of nitrogens with zero attached hydrogens (tertiary/aromatic N) is 3. The van der Waals surface area contributed by atoms with E-state index in [0.29, 0.717) is 13.0 Å². The summed E-state index contributed by atoms with van der Waals surface area (Å²) in [6.45, 7) is 6.67. The van der Waals surface area contributed by atoms with Crippen LogP contribution in [0.5, 0.6) is 0 Å². The monoisotopic (exact) mass is 299 g/mol. The molecule has 0 saturated carbocycles. The van der Waals surface area contributed by atoms with Gasteiger partial charge in [-0.05, 0) is 50.9 Å². The molecule has 22 heavy (non-hydrogen) atoms. The predicted molar refractivity (Wildman–Crippen MR) is 88.5 cm³/mol. The highest BCUT2D eigenvalue weighted by Gasteiger charge is 2.28. The van der Waals surface area contributed by atoms with Gasteiger partial charge in [0.05, 0.1) is 18.5 Å². The molecule has 1 aliphatic rings. The van der Waals surface area contributed by atoms with Gasteiger partial charge in [0.1, 0.15) is 0 Å². The normalized spacial score (nSPS) is 17.7. The molecule has 1 aromatic rings. The van der Waals surface area contributed by atoms with Gasteiger partial charge in [-0.2, -0.15) is 5.26 Å². The van der Waals surface area contributed by atoms with E-state index >= 15 is 0 Å². The molecule has 4 nitrogen and oxygen atoms in total. The minimum Gasteiger partial charge on any atom is -0.310 e. The van der Waals surface area contributed by atoms with Gasteiger partial charge in [-0.15, -0.1) is 0 Å². The highest BCUT2D eigenvalue weighted by molar-refractivity contribution is 5.96. The van der Waals surface area contributed by atoms with Crippen LogP contribution in [0.4, 0.5) is 5.69 Å². The molecular weight excluding hydrogens is 274 g/mol. The maximum atomic E-state index is 12.9. The van der Waals surface area contributed by atoms with Crippen molar-refractivity contribution in [1.82, 2.24) is 4.90 Å². The number of carbonyl (C=O) groups excluding carboxylic acids is 1. The summed E-state index contributed by atoms with van der Waals surface area (Å²) in [5.74, 6) is 0.846. The number of anilines is 1. The molecule has 1 fully saturated rings. The van der Waals surface area contributed by atoms with E-state index in [1.807, 2.05) is 37.3 Å². The Morgan fingerprint density at radius 1 is 1.36 bits per heavy atom. The Morgan fingerprint density at radius 2 is 2.00 bits per heavy atom. The number of hydrogen-bond acceptors (Lipinski definition) is 3. The molecule has 1 unspecified atom stereocenters. The molecule has 1 atom stereocenters. The molecule has 0 spiro atoms. The second-order valence-electron chi connectivity index (χ2n) is 6.13. The zero-order valence-electron chi connectivity index (χ0n) is 13.5. The third kappa shape index (κ3) is 4.08. The van der Waals surface area contributed by atoms with E-state index in [4.69, 9.17) is 5.26 Å². The average molecular weight is 299 g/mol. The molecule has 1 amide bonds. The fourth-order valence-corrected chi connectivity index (χ4v) is 2.93. The molecule has 0 bridgehead atoms. The molecular formula is C18H25N3O. The van der Waals surface area contributed by atoms with Crippen LogP contribution in [0.2, 0.25) is 0 Å². The van der Waals surface area contributed by atoms with Gasteiger partial charge in [0.15, 0.2) is 0 Å². The predicted octanol–water partition coefficient (Wildman–Crippen LogP) is 3.05. The molecule has 0 aliphatic carbocycles. The van der Waals surface area contributed by atoms with Gasteiger partial charge in [0.2, 0.25) is 5.91 Å². The highest BCUT2D eigenvalue weighted by atomic mass is 16.2. The van der Waals surface area contributed by atoms with Crippen LogP contribution in [0.15, 0.2) is 30.3 Å². The summed E-state index contributed by atoms with van der Waals surface area (Å²) in [6.07, 6.45) is 2.66. The van der Waals surface area contributed by atoms with Crippen molar-refractivity contribution in [1.29, 1.82) is 5.26 Å². The molecule has 1 aromatic carbocycles. The van der Waals surface area contributed by atoms with E-state index in [1.165, 1.54) is 0 Å². The first kappa shape index (κ1) is 16.5. The number of hydrogen-bond donors (Lipinski definition) is 0. The molecule has 1 heterocycles. The van der Waals surface area contributed by atoms with Gasteiger partial charge in [-0.25, -0.2) is 0 Å². The molecule has 118 valence electrons. The lowest BCUT2D eigenvalue weighted by molar-refractivity contribution is -0.123. The van der Waals surface area contributed by atoms with E-state index in [-0.39, 0.29) is 11.9 Å². The van der Waals surface area contributed by atoms with Crippen LogP contribution < -0.4 is 4.90 Å². The fourth-order valence-electron chi connectivity index (χ4n) is 2.93. The smallest absolute Gasteiger partial charge is 0.244 e. The van der Waals surface area contributed by atoms with Gasteiger partial charge < -0.3 is 4.90 Å². The van der Waals surface area contributed by atoms with Crippen molar-refractivity contribution in [3.63, 3.8) is 0 Å². The van der Waals surface area contributed by atoms with Crippen LogP contribution in [0.3, 0.4) is 0 Å². The van der Waals surface area contributed by atoms with E-state index in [9.17, 15) is 4.79 Å². The maximum Gasteiger partial charge on any atom is 0.244 e. The number of amides is 1. The molecule has 0 N–H and O–H groups in total. The van der Waals surface area contributed by atoms with Gasteiger partial charge in [0, 0.05) is 12.2 Å². The van der Waals surface area contributed by atoms with E-state index in [1.54, 1.807) is 4.90 Å². The van der Waals surface area contributed by atoms with Crippen LogP contribution in [0.25, 0.3) is 0 Å². The Bertz CT molecular complexity index is 515. The Morgan fingerprint density at radius 3 is 2.59 bits per heavy atom. The van der Waals surface area contributed by atoms with Crippen molar-refractivity contribution in [2.24, 2.45) is 5.92 Å². The number of carbonyl (C=O) groups is 1. The number of benzene rings is 1. The standard InChI is InChI=1S/C18H25N3O/c1-15-9-13-20(14-10-15)16(2)18(22)21(12-6-11-19)17-7-4-3-5-8-17/h3-5,7-8,15-16H,6,9-10,12-14H2,1-2H3. The number of nitriles is 1. The number of rotatable bonds is 5. The lowest BCUT2D eigenvalue weighted by Gasteiger charge is -2.36. The first-order valence-corrected chi connectivity index (χ1v) is 8.11. The molecule has 0 aromatic heterocycles. The third-order valence-corrected chi connectivity index (χ3v) is 4.50. The molecule has 1 aliphatic heterocycles. The second kappa shape index (κ2) is 7.95. The summed E-state index contributed by atoms with van der Waals surface area (Å²) in [7, 11) is 0. The Kier molecular flexibility index (Phi) is 5.97. The quantitative estimate of drug-likeness (QED) is 0.839. The van der Waals surface area contributed by atoms with Gasteiger partial charge >= 0.3 is 0 Å². The minimum absolute atomic E-state index is 0.0935. The van der Waals surface area contributed by atoms with Crippen LogP contribution in [0.1, 0.15) is 33.1 Å². The van der Waals surface area contributed by atoms with Crippen molar-refractivity contribution >= 4 is 11.6 Å². The summed E-state index contributed by atoms with van der Waals surface area (Å²) in [4.78, 5) is 16.9. The number of likely N-dealkylation sites (tertiary alicyclic amines) is 1. The van der Waals surface area contributed by atoms with Crippen molar-refractivity contribution in [3.05, 3.63) is 30.3 Å². The molecule has 0 radical (unpaired) electrons. The van der Waals surface area contributed by atoms with E-state index in [2.05, 4.69) is 17.9 Å². The van der Waals surface area contributed by atoms with Crippen molar-refractivity contribution in [2.75, 3.05) is 24.5 Å².